The SMILES string of the molecule is C=COCCSc1ccnc(SCCOC=C)n1. The minimum Gasteiger partial charge on any atom is -0.501 e. The maximum atomic E-state index is 5.05. The molecule has 18 heavy (non-hydrogen) atoms. The summed E-state index contributed by atoms with van der Waals surface area (Å²) in [6.45, 7) is 8.22. The Balaban J connectivity index is 2.31. The Morgan fingerprint density at radius 1 is 1.11 bits per heavy atom. The minimum atomic E-state index is 0.613. The third-order valence-corrected chi connectivity index (χ3v) is 3.45. The van der Waals surface area contributed by atoms with E-state index in [4.69, 9.17) is 9.47 Å². The van der Waals surface area contributed by atoms with Gasteiger partial charge in [-0.15, -0.1) is 11.8 Å². The first-order valence-electron chi connectivity index (χ1n) is 5.40. The second kappa shape index (κ2) is 9.85. The summed E-state index contributed by atoms with van der Waals surface area (Å²) in [5.74, 6) is 1.65. The molecule has 0 N–H and O–H groups in total. The molecular formula is C12H16N2O2S2. The van der Waals surface area contributed by atoms with Gasteiger partial charge in [0.15, 0.2) is 5.16 Å². The Labute approximate surface area is 116 Å². The van der Waals surface area contributed by atoms with Gasteiger partial charge in [-0.3, -0.25) is 0 Å². The van der Waals surface area contributed by atoms with Crippen molar-refractivity contribution in [3.8, 4) is 0 Å². The van der Waals surface area contributed by atoms with E-state index in [-0.39, 0.29) is 0 Å². The lowest BCUT2D eigenvalue weighted by Gasteiger charge is -2.03. The molecular weight excluding hydrogens is 268 g/mol. The van der Waals surface area contributed by atoms with Crippen molar-refractivity contribution >= 4 is 23.5 Å². The van der Waals surface area contributed by atoms with E-state index in [9.17, 15) is 0 Å². The van der Waals surface area contributed by atoms with Crippen LogP contribution in [0.15, 0.2) is 48.1 Å². The first-order chi connectivity index (χ1) is 8.86. The van der Waals surface area contributed by atoms with Gasteiger partial charge in [0.25, 0.3) is 0 Å². The van der Waals surface area contributed by atoms with Crippen molar-refractivity contribution in [2.45, 2.75) is 10.2 Å². The second-order valence-electron chi connectivity index (χ2n) is 2.95. The Hall–Kier alpha value is -1.14. The maximum Gasteiger partial charge on any atom is 0.188 e. The zero-order valence-corrected chi connectivity index (χ0v) is 11.7. The van der Waals surface area contributed by atoms with E-state index < -0.39 is 0 Å². The van der Waals surface area contributed by atoms with E-state index in [0.717, 1.165) is 21.7 Å². The van der Waals surface area contributed by atoms with Crippen LogP contribution < -0.4 is 0 Å². The van der Waals surface area contributed by atoms with Gasteiger partial charge in [0.05, 0.1) is 25.7 Å². The molecule has 6 heteroatoms. The highest BCUT2D eigenvalue weighted by Crippen LogP contribution is 2.18. The molecule has 1 aromatic rings. The van der Waals surface area contributed by atoms with Crippen molar-refractivity contribution in [2.75, 3.05) is 24.7 Å². The molecule has 0 spiro atoms. The van der Waals surface area contributed by atoms with Crippen molar-refractivity contribution in [1.29, 1.82) is 0 Å². The highest BCUT2D eigenvalue weighted by atomic mass is 32.2. The van der Waals surface area contributed by atoms with E-state index in [1.807, 2.05) is 6.07 Å². The molecule has 0 saturated heterocycles. The Morgan fingerprint density at radius 2 is 1.78 bits per heavy atom. The van der Waals surface area contributed by atoms with Gasteiger partial charge < -0.3 is 9.47 Å². The fourth-order valence-electron chi connectivity index (χ4n) is 1.02. The van der Waals surface area contributed by atoms with Crippen LogP contribution in [0.5, 0.6) is 0 Å². The summed E-state index contributed by atoms with van der Waals surface area (Å²) < 4.78 is 10.1. The molecule has 4 nitrogen and oxygen atoms in total. The molecule has 0 aliphatic heterocycles. The van der Waals surface area contributed by atoms with Crippen LogP contribution in [0.4, 0.5) is 0 Å². The predicted octanol–water partition coefficient (Wildman–Crippen LogP) is 2.98. The Morgan fingerprint density at radius 3 is 2.44 bits per heavy atom. The van der Waals surface area contributed by atoms with Gasteiger partial charge in [-0.05, 0) is 6.07 Å². The lowest BCUT2D eigenvalue weighted by Crippen LogP contribution is -1.95. The first-order valence-corrected chi connectivity index (χ1v) is 7.37. The fourth-order valence-corrected chi connectivity index (χ4v) is 2.43. The summed E-state index contributed by atoms with van der Waals surface area (Å²) in [6, 6.07) is 1.89. The molecule has 0 unspecified atom stereocenters. The van der Waals surface area contributed by atoms with Crippen molar-refractivity contribution in [2.24, 2.45) is 0 Å². The minimum absolute atomic E-state index is 0.613. The van der Waals surface area contributed by atoms with Crippen molar-refractivity contribution < 1.29 is 9.47 Å². The molecule has 1 rings (SSSR count). The van der Waals surface area contributed by atoms with E-state index in [1.165, 1.54) is 12.5 Å². The summed E-state index contributed by atoms with van der Waals surface area (Å²) in [5, 5.41) is 1.71. The van der Waals surface area contributed by atoms with Gasteiger partial charge in [0.1, 0.15) is 5.03 Å². The average molecular weight is 284 g/mol. The number of thioether (sulfide) groups is 2. The first kappa shape index (κ1) is 14.9. The molecule has 0 atom stereocenters. The summed E-state index contributed by atoms with van der Waals surface area (Å²) in [4.78, 5) is 8.61. The normalized spacial score (nSPS) is 9.78. The standard InChI is InChI=1S/C12H16N2O2S2/c1-3-15-7-9-17-11-5-6-13-12(14-11)18-10-8-16-4-2/h3-6H,1-2,7-10H2. The molecule has 98 valence electrons. The van der Waals surface area contributed by atoms with Crippen molar-refractivity contribution in [1.82, 2.24) is 9.97 Å². The molecule has 0 aliphatic carbocycles. The van der Waals surface area contributed by atoms with E-state index in [0.29, 0.717) is 13.2 Å². The lowest BCUT2D eigenvalue weighted by molar-refractivity contribution is 0.274. The Bertz CT molecular complexity index is 344. The summed E-state index contributed by atoms with van der Waals surface area (Å²) >= 11 is 3.20. The van der Waals surface area contributed by atoms with Gasteiger partial charge in [0.2, 0.25) is 0 Å². The smallest absolute Gasteiger partial charge is 0.188 e. The number of hydrogen-bond acceptors (Lipinski definition) is 6. The van der Waals surface area contributed by atoms with Crippen LogP contribution in [0.1, 0.15) is 0 Å². The molecule has 0 aromatic carbocycles. The van der Waals surface area contributed by atoms with Crippen LogP contribution in [0.3, 0.4) is 0 Å². The van der Waals surface area contributed by atoms with Crippen LogP contribution in [0, 0.1) is 0 Å². The van der Waals surface area contributed by atoms with Crippen molar-refractivity contribution in [3.63, 3.8) is 0 Å². The van der Waals surface area contributed by atoms with Gasteiger partial charge in [-0.2, -0.15) is 0 Å². The van der Waals surface area contributed by atoms with Crippen LogP contribution in [-0.4, -0.2) is 34.7 Å². The molecule has 0 saturated carbocycles. The second-order valence-corrected chi connectivity index (χ2v) is 5.13. The van der Waals surface area contributed by atoms with Crippen molar-refractivity contribution in [3.05, 3.63) is 37.9 Å². The Kier molecular flexibility index (Phi) is 8.16. The summed E-state index contributed by atoms with van der Waals surface area (Å²) in [7, 11) is 0. The van der Waals surface area contributed by atoms with Gasteiger partial charge in [-0.25, -0.2) is 9.97 Å². The quantitative estimate of drug-likeness (QED) is 0.216. The molecule has 0 fully saturated rings. The highest BCUT2D eigenvalue weighted by Gasteiger charge is 2.01. The summed E-state index contributed by atoms with van der Waals surface area (Å²) in [6.07, 6.45) is 4.65. The number of rotatable bonds is 10. The average Bonchev–Trinajstić information content (AvgIpc) is 2.40. The van der Waals surface area contributed by atoms with Crippen LogP contribution in [0.25, 0.3) is 0 Å². The third kappa shape index (κ3) is 6.56. The monoisotopic (exact) mass is 284 g/mol. The number of aromatic nitrogens is 2. The molecule has 1 aromatic heterocycles. The largest absolute Gasteiger partial charge is 0.501 e. The third-order valence-electron chi connectivity index (χ3n) is 1.73. The van der Waals surface area contributed by atoms with Gasteiger partial charge >= 0.3 is 0 Å². The van der Waals surface area contributed by atoms with Gasteiger partial charge in [-0.1, -0.05) is 24.9 Å². The van der Waals surface area contributed by atoms with Crippen LogP contribution >= 0.6 is 23.5 Å². The maximum absolute atomic E-state index is 5.05. The van der Waals surface area contributed by atoms with E-state index in [1.54, 1.807) is 29.7 Å². The molecule has 0 bridgehead atoms. The van der Waals surface area contributed by atoms with Crippen LogP contribution in [-0.2, 0) is 9.47 Å². The zero-order valence-electron chi connectivity index (χ0n) is 10.1. The fraction of sp³-hybridized carbons (Fsp3) is 0.333. The highest BCUT2D eigenvalue weighted by molar-refractivity contribution is 7.99. The number of ether oxygens (including phenoxy) is 2. The topological polar surface area (TPSA) is 44.2 Å². The van der Waals surface area contributed by atoms with Gasteiger partial charge in [0, 0.05) is 17.7 Å². The molecule has 1 heterocycles. The zero-order chi connectivity index (χ0) is 13.1. The van der Waals surface area contributed by atoms with Crippen LogP contribution in [0.2, 0.25) is 0 Å². The summed E-state index contributed by atoms with van der Waals surface area (Å²) in [5.41, 5.74) is 0. The lowest BCUT2D eigenvalue weighted by atomic mass is 10.7. The predicted molar refractivity (Wildman–Crippen MR) is 75.8 cm³/mol. The van der Waals surface area contributed by atoms with E-state index in [2.05, 4.69) is 23.1 Å². The molecule has 0 radical (unpaired) electrons. The number of nitrogens with zero attached hydrogens (tertiary/aromatic N) is 2. The van der Waals surface area contributed by atoms with E-state index >= 15 is 0 Å². The number of hydrogen-bond donors (Lipinski definition) is 0. The molecule has 0 aliphatic rings. The molecule has 0 amide bonds.